The van der Waals surface area contributed by atoms with Crippen molar-refractivity contribution >= 4 is 21.2 Å². The predicted octanol–water partition coefficient (Wildman–Crippen LogP) is 3.42. The van der Waals surface area contributed by atoms with Crippen LogP contribution in [0.2, 0.25) is 0 Å². The number of fused-ring (bicyclic) bond motifs is 1. The molecule has 0 bridgehead atoms. The molecule has 0 aliphatic heterocycles. The molecule has 108 valence electrons. The van der Waals surface area contributed by atoms with Gasteiger partial charge in [0.05, 0.1) is 5.60 Å². The van der Waals surface area contributed by atoms with Crippen molar-refractivity contribution in [2.24, 2.45) is 0 Å². The van der Waals surface area contributed by atoms with Crippen LogP contribution in [-0.2, 0) is 14.6 Å². The lowest BCUT2D eigenvalue weighted by Crippen LogP contribution is -2.27. The fourth-order valence-corrected chi connectivity index (χ4v) is 2.75. The lowest BCUT2D eigenvalue weighted by atomic mass is 10.1. The largest absolute Gasteiger partial charge is 0.449 e. The first-order valence-electron chi connectivity index (χ1n) is 6.00. The molecule has 0 radical (unpaired) electrons. The maximum atomic E-state index is 13.6. The zero-order valence-corrected chi connectivity index (χ0v) is 12.2. The van der Waals surface area contributed by atoms with Crippen LogP contribution in [0.3, 0.4) is 0 Å². The first-order valence-corrected chi connectivity index (χ1v) is 7.34. The molecule has 2 aromatic carbocycles. The van der Waals surface area contributed by atoms with Crippen molar-refractivity contribution < 1.29 is 21.2 Å². The molecular formula is C14H15FO4S. The number of benzene rings is 2. The first-order chi connectivity index (χ1) is 9.18. The van der Waals surface area contributed by atoms with E-state index in [1.165, 1.54) is 6.07 Å². The second-order valence-electron chi connectivity index (χ2n) is 5.28. The highest BCUT2D eigenvalue weighted by molar-refractivity contribution is 7.82. The van der Waals surface area contributed by atoms with E-state index in [0.717, 1.165) is 6.07 Å². The summed E-state index contributed by atoms with van der Waals surface area (Å²) in [5, 5.41) is 0.657. The average molecular weight is 297 g/mol. The Labute approximate surface area is 117 Å². The second-order valence-corrected chi connectivity index (χ2v) is 6.43. The summed E-state index contributed by atoms with van der Waals surface area (Å²) in [6, 6.07) is 8.89. The van der Waals surface area contributed by atoms with Crippen LogP contribution in [0.15, 0.2) is 36.4 Å². The third-order valence-corrected chi connectivity index (χ3v) is 3.46. The standard InChI is InChI=1S/C14H15FO4S/c1-14(2,3)19-20(16,17)18-13-9-8-12(15)10-6-4-5-7-11(10)13/h4-9H,1-3H3/i15-1. The first kappa shape index (κ1) is 14.7. The molecule has 20 heavy (non-hydrogen) atoms. The molecule has 4 nitrogen and oxygen atoms in total. The third-order valence-electron chi connectivity index (χ3n) is 2.37. The van der Waals surface area contributed by atoms with E-state index in [2.05, 4.69) is 0 Å². The summed E-state index contributed by atoms with van der Waals surface area (Å²) in [5.74, 6) is -0.409. The summed E-state index contributed by atoms with van der Waals surface area (Å²) < 4.78 is 47.0. The minimum absolute atomic E-state index is 0.0336. The summed E-state index contributed by atoms with van der Waals surface area (Å²) >= 11 is 0. The van der Waals surface area contributed by atoms with Gasteiger partial charge in [0.15, 0.2) is 5.75 Å². The Balaban J connectivity index is 2.43. The van der Waals surface area contributed by atoms with Gasteiger partial charge in [-0.25, -0.2) is 8.57 Å². The summed E-state index contributed by atoms with van der Waals surface area (Å²) in [7, 11) is -4.22. The molecule has 6 heteroatoms. The third kappa shape index (κ3) is 3.46. The highest BCUT2D eigenvalue weighted by Crippen LogP contribution is 2.29. The number of hydrogen-bond donors (Lipinski definition) is 0. The summed E-state index contributed by atoms with van der Waals surface area (Å²) in [5.41, 5.74) is -0.908. The van der Waals surface area contributed by atoms with Gasteiger partial charge < -0.3 is 4.18 Å². The van der Waals surface area contributed by atoms with E-state index in [4.69, 9.17) is 8.37 Å². The quantitative estimate of drug-likeness (QED) is 0.871. The van der Waals surface area contributed by atoms with Crippen molar-refractivity contribution in [2.45, 2.75) is 26.4 Å². The Morgan fingerprint density at radius 1 is 1.00 bits per heavy atom. The maximum absolute atomic E-state index is 13.6. The minimum Gasteiger partial charge on any atom is -0.361 e. The molecular weight excluding hydrogens is 282 g/mol. The molecule has 2 rings (SSSR count). The van der Waals surface area contributed by atoms with Gasteiger partial charge >= 0.3 is 10.4 Å². The predicted molar refractivity (Wildman–Crippen MR) is 74.3 cm³/mol. The van der Waals surface area contributed by atoms with Gasteiger partial charge in [-0.1, -0.05) is 24.3 Å². The van der Waals surface area contributed by atoms with Crippen molar-refractivity contribution in [3.63, 3.8) is 0 Å². The van der Waals surface area contributed by atoms with E-state index in [1.807, 2.05) is 0 Å². The molecule has 0 aromatic heterocycles. The average Bonchev–Trinajstić information content (AvgIpc) is 2.30. The Kier molecular flexibility index (Phi) is 3.71. The smallest absolute Gasteiger partial charge is 0.361 e. The molecule has 0 saturated heterocycles. The van der Waals surface area contributed by atoms with Gasteiger partial charge in [0, 0.05) is 10.8 Å². The van der Waals surface area contributed by atoms with Crippen LogP contribution in [0.5, 0.6) is 5.75 Å². The lowest BCUT2D eigenvalue weighted by molar-refractivity contribution is 0.122. The fraction of sp³-hybridized carbons (Fsp3) is 0.286. The Bertz CT molecular complexity index is 732. The van der Waals surface area contributed by atoms with Crippen molar-refractivity contribution in [3.05, 3.63) is 42.2 Å². The van der Waals surface area contributed by atoms with Crippen LogP contribution < -0.4 is 4.18 Å². The van der Waals surface area contributed by atoms with Crippen LogP contribution >= 0.6 is 0 Å². The number of rotatable bonds is 3. The minimum atomic E-state index is -4.22. The topological polar surface area (TPSA) is 52.6 Å². The highest BCUT2D eigenvalue weighted by Gasteiger charge is 2.24. The van der Waals surface area contributed by atoms with Crippen LogP contribution in [0.1, 0.15) is 20.8 Å². The van der Waals surface area contributed by atoms with Crippen LogP contribution in [-0.4, -0.2) is 14.0 Å². The lowest BCUT2D eigenvalue weighted by Gasteiger charge is -2.18. The Hall–Kier alpha value is -1.66. The van der Waals surface area contributed by atoms with E-state index in [-0.39, 0.29) is 11.1 Å². The van der Waals surface area contributed by atoms with E-state index < -0.39 is 21.8 Å². The van der Waals surface area contributed by atoms with Crippen LogP contribution in [0.4, 0.5) is 4.39 Å². The zero-order chi connectivity index (χ0) is 15.0. The van der Waals surface area contributed by atoms with E-state index in [1.54, 1.807) is 45.0 Å². The van der Waals surface area contributed by atoms with Gasteiger partial charge in [-0.3, -0.25) is 0 Å². The zero-order valence-electron chi connectivity index (χ0n) is 11.4. The molecule has 0 amide bonds. The van der Waals surface area contributed by atoms with Gasteiger partial charge in [0.25, 0.3) is 0 Å². The molecule has 0 atom stereocenters. The molecule has 0 unspecified atom stereocenters. The van der Waals surface area contributed by atoms with Crippen LogP contribution in [0, 0.1) is 5.82 Å². The Morgan fingerprint density at radius 3 is 2.20 bits per heavy atom. The summed E-state index contributed by atoms with van der Waals surface area (Å²) in [6.07, 6.45) is 0. The van der Waals surface area contributed by atoms with Crippen molar-refractivity contribution in [1.82, 2.24) is 0 Å². The Morgan fingerprint density at radius 2 is 1.60 bits per heavy atom. The maximum Gasteiger partial charge on any atom is 0.449 e. The molecule has 0 aliphatic carbocycles. The van der Waals surface area contributed by atoms with Gasteiger partial charge in [-0.2, -0.15) is 8.42 Å². The molecule has 2 aromatic rings. The van der Waals surface area contributed by atoms with Gasteiger partial charge in [-0.15, -0.1) is 0 Å². The molecule has 0 heterocycles. The van der Waals surface area contributed by atoms with Crippen molar-refractivity contribution in [3.8, 4) is 5.75 Å². The monoisotopic (exact) mass is 297 g/mol. The van der Waals surface area contributed by atoms with Gasteiger partial charge in [0.1, 0.15) is 5.82 Å². The molecule has 0 aliphatic rings. The number of halogens is 1. The van der Waals surface area contributed by atoms with Crippen molar-refractivity contribution in [2.75, 3.05) is 0 Å². The molecule has 0 fully saturated rings. The SMILES string of the molecule is CC(C)(C)OS(=O)(=O)Oc1ccc([18F])c2ccccc12. The molecule has 0 spiro atoms. The second kappa shape index (κ2) is 5.03. The van der Waals surface area contributed by atoms with Crippen LogP contribution in [0.25, 0.3) is 10.8 Å². The summed E-state index contributed by atoms with van der Waals surface area (Å²) in [6.45, 7) is 4.78. The highest BCUT2D eigenvalue weighted by atomic mass is 32.3. The number of hydrogen-bond acceptors (Lipinski definition) is 4. The van der Waals surface area contributed by atoms with E-state index >= 15 is 0 Å². The molecule has 0 N–H and O–H groups in total. The van der Waals surface area contributed by atoms with E-state index in [9.17, 15) is 12.8 Å². The normalized spacial score (nSPS) is 12.6. The van der Waals surface area contributed by atoms with E-state index in [0.29, 0.717) is 5.39 Å². The van der Waals surface area contributed by atoms with Gasteiger partial charge in [-0.05, 0) is 32.9 Å². The van der Waals surface area contributed by atoms with Crippen molar-refractivity contribution in [1.29, 1.82) is 0 Å². The van der Waals surface area contributed by atoms with Gasteiger partial charge in [0.2, 0.25) is 0 Å². The fourth-order valence-electron chi connectivity index (χ4n) is 1.74. The molecule has 0 saturated carbocycles. The summed E-state index contributed by atoms with van der Waals surface area (Å²) in [4.78, 5) is 0.